The number of halogens is 2. The van der Waals surface area contributed by atoms with E-state index in [0.717, 1.165) is 5.56 Å². The zero-order valence-corrected chi connectivity index (χ0v) is 11.0. The average Bonchev–Trinajstić information content (AvgIpc) is 2.36. The predicted octanol–water partition coefficient (Wildman–Crippen LogP) is 3.62. The first-order chi connectivity index (χ1) is 8.97. The van der Waals surface area contributed by atoms with Crippen LogP contribution in [0.15, 0.2) is 36.4 Å². The highest BCUT2D eigenvalue weighted by Gasteiger charge is 2.10. The van der Waals surface area contributed by atoms with Crippen molar-refractivity contribution in [2.75, 3.05) is 11.1 Å². The van der Waals surface area contributed by atoms with Crippen LogP contribution >= 0.6 is 11.6 Å². The molecule has 0 aliphatic rings. The van der Waals surface area contributed by atoms with Gasteiger partial charge < -0.3 is 11.1 Å². The molecule has 1 amide bonds. The molecule has 0 aliphatic carbocycles. The van der Waals surface area contributed by atoms with Crippen molar-refractivity contribution in [3.63, 3.8) is 0 Å². The first-order valence-corrected chi connectivity index (χ1v) is 5.97. The summed E-state index contributed by atoms with van der Waals surface area (Å²) in [5.74, 6) is -0.921. The van der Waals surface area contributed by atoms with Crippen LogP contribution < -0.4 is 11.1 Å². The van der Waals surface area contributed by atoms with Crippen molar-refractivity contribution in [2.24, 2.45) is 0 Å². The van der Waals surface area contributed by atoms with E-state index in [1.54, 1.807) is 25.1 Å². The molecule has 0 saturated carbocycles. The minimum atomic E-state index is -0.580. The summed E-state index contributed by atoms with van der Waals surface area (Å²) >= 11 is 5.58. The van der Waals surface area contributed by atoms with E-state index in [0.29, 0.717) is 16.9 Å². The number of amides is 1. The second-order valence-electron chi connectivity index (χ2n) is 4.16. The highest BCUT2D eigenvalue weighted by molar-refractivity contribution is 6.30. The third-order valence-corrected chi connectivity index (χ3v) is 2.99. The fourth-order valence-electron chi connectivity index (χ4n) is 1.66. The topological polar surface area (TPSA) is 55.1 Å². The van der Waals surface area contributed by atoms with E-state index >= 15 is 0 Å². The van der Waals surface area contributed by atoms with Crippen molar-refractivity contribution in [1.29, 1.82) is 0 Å². The fraction of sp³-hybridized carbons (Fsp3) is 0.0714. The molecule has 98 valence electrons. The molecule has 5 heteroatoms. The molecular weight excluding hydrogens is 267 g/mol. The SMILES string of the molecule is Cc1ccc(N)cc1C(=O)Nc1ccc(Cl)c(F)c1. The van der Waals surface area contributed by atoms with Crippen LogP contribution in [-0.2, 0) is 0 Å². The number of hydrogen-bond acceptors (Lipinski definition) is 2. The first kappa shape index (κ1) is 13.4. The van der Waals surface area contributed by atoms with Gasteiger partial charge in [-0.25, -0.2) is 4.39 Å². The van der Waals surface area contributed by atoms with E-state index < -0.39 is 5.82 Å². The summed E-state index contributed by atoms with van der Waals surface area (Å²) in [7, 11) is 0. The number of hydrogen-bond donors (Lipinski definition) is 2. The van der Waals surface area contributed by atoms with Gasteiger partial charge in [0.25, 0.3) is 5.91 Å². The fourth-order valence-corrected chi connectivity index (χ4v) is 1.77. The monoisotopic (exact) mass is 278 g/mol. The molecule has 0 atom stereocenters. The highest BCUT2D eigenvalue weighted by atomic mass is 35.5. The molecule has 0 aliphatic heterocycles. The minimum absolute atomic E-state index is 0.0122. The van der Waals surface area contributed by atoms with Crippen LogP contribution in [0.25, 0.3) is 0 Å². The van der Waals surface area contributed by atoms with Crippen LogP contribution in [0.3, 0.4) is 0 Å². The Balaban J connectivity index is 2.25. The Hall–Kier alpha value is -2.07. The summed E-state index contributed by atoms with van der Waals surface area (Å²) in [6.45, 7) is 1.80. The maximum Gasteiger partial charge on any atom is 0.256 e. The predicted molar refractivity (Wildman–Crippen MR) is 75.0 cm³/mol. The lowest BCUT2D eigenvalue weighted by molar-refractivity contribution is 0.102. The molecule has 0 fully saturated rings. The lowest BCUT2D eigenvalue weighted by Crippen LogP contribution is -2.13. The Morgan fingerprint density at radius 1 is 1.26 bits per heavy atom. The molecule has 2 rings (SSSR count). The average molecular weight is 279 g/mol. The third kappa shape index (κ3) is 3.03. The maximum absolute atomic E-state index is 13.3. The number of nitrogen functional groups attached to an aromatic ring is 1. The van der Waals surface area contributed by atoms with Gasteiger partial charge in [0.1, 0.15) is 5.82 Å². The zero-order valence-electron chi connectivity index (χ0n) is 10.2. The van der Waals surface area contributed by atoms with E-state index in [1.165, 1.54) is 18.2 Å². The summed E-state index contributed by atoms with van der Waals surface area (Å²) in [6.07, 6.45) is 0. The second kappa shape index (κ2) is 5.28. The third-order valence-electron chi connectivity index (χ3n) is 2.68. The number of benzene rings is 2. The highest BCUT2D eigenvalue weighted by Crippen LogP contribution is 2.20. The van der Waals surface area contributed by atoms with Crippen LogP contribution in [0.2, 0.25) is 5.02 Å². The lowest BCUT2D eigenvalue weighted by Gasteiger charge is -2.09. The number of carbonyl (C=O) groups excluding carboxylic acids is 1. The molecule has 2 aromatic carbocycles. The molecule has 0 unspecified atom stereocenters. The number of carbonyl (C=O) groups is 1. The number of aryl methyl sites for hydroxylation is 1. The van der Waals surface area contributed by atoms with Crippen LogP contribution in [-0.4, -0.2) is 5.91 Å². The molecule has 0 heterocycles. The van der Waals surface area contributed by atoms with Crippen molar-refractivity contribution in [2.45, 2.75) is 6.92 Å². The van der Waals surface area contributed by atoms with Crippen molar-refractivity contribution in [3.05, 3.63) is 58.4 Å². The van der Waals surface area contributed by atoms with Crippen LogP contribution in [0.4, 0.5) is 15.8 Å². The minimum Gasteiger partial charge on any atom is -0.399 e. The quantitative estimate of drug-likeness (QED) is 0.824. The van der Waals surface area contributed by atoms with Gasteiger partial charge in [-0.15, -0.1) is 0 Å². The van der Waals surface area contributed by atoms with Gasteiger partial charge >= 0.3 is 0 Å². The van der Waals surface area contributed by atoms with E-state index in [4.69, 9.17) is 17.3 Å². The molecule has 0 bridgehead atoms. The Kier molecular flexibility index (Phi) is 3.71. The Labute approximate surface area is 115 Å². The molecule has 0 spiro atoms. The first-order valence-electron chi connectivity index (χ1n) is 5.60. The lowest BCUT2D eigenvalue weighted by atomic mass is 10.1. The molecule has 0 radical (unpaired) electrons. The molecular formula is C14H12ClFN2O. The number of nitrogens with one attached hydrogen (secondary N) is 1. The van der Waals surface area contributed by atoms with Gasteiger partial charge in [-0.1, -0.05) is 17.7 Å². The maximum atomic E-state index is 13.3. The van der Waals surface area contributed by atoms with Gasteiger partial charge in [-0.2, -0.15) is 0 Å². The number of rotatable bonds is 2. The van der Waals surface area contributed by atoms with Crippen molar-refractivity contribution < 1.29 is 9.18 Å². The van der Waals surface area contributed by atoms with Gasteiger partial charge in [0, 0.05) is 16.9 Å². The molecule has 0 saturated heterocycles. The van der Waals surface area contributed by atoms with Crippen molar-refractivity contribution in [3.8, 4) is 0 Å². The summed E-state index contributed by atoms with van der Waals surface area (Å²) in [5, 5.41) is 2.61. The van der Waals surface area contributed by atoms with Gasteiger partial charge in [0.2, 0.25) is 0 Å². The van der Waals surface area contributed by atoms with Crippen LogP contribution in [0, 0.1) is 12.7 Å². The summed E-state index contributed by atoms with van der Waals surface area (Å²) in [5.41, 5.74) is 7.73. The van der Waals surface area contributed by atoms with E-state index in [-0.39, 0.29) is 10.9 Å². The van der Waals surface area contributed by atoms with Gasteiger partial charge in [0.05, 0.1) is 5.02 Å². The summed E-state index contributed by atoms with van der Waals surface area (Å²) in [4.78, 5) is 12.1. The van der Waals surface area contributed by atoms with Gasteiger partial charge in [-0.3, -0.25) is 4.79 Å². The number of nitrogens with two attached hydrogens (primary N) is 1. The molecule has 3 N–H and O–H groups in total. The van der Waals surface area contributed by atoms with Crippen molar-refractivity contribution >= 4 is 28.9 Å². The standard InChI is InChI=1S/C14H12ClFN2O/c1-8-2-3-9(17)6-11(8)14(19)18-10-4-5-12(15)13(16)7-10/h2-7H,17H2,1H3,(H,18,19). The van der Waals surface area contributed by atoms with Gasteiger partial charge in [-0.05, 0) is 42.8 Å². The van der Waals surface area contributed by atoms with Gasteiger partial charge in [0.15, 0.2) is 0 Å². The summed E-state index contributed by atoms with van der Waals surface area (Å²) in [6, 6.07) is 9.14. The van der Waals surface area contributed by atoms with E-state index in [9.17, 15) is 9.18 Å². The largest absolute Gasteiger partial charge is 0.399 e. The summed E-state index contributed by atoms with van der Waals surface area (Å²) < 4.78 is 13.3. The zero-order chi connectivity index (χ0) is 14.0. The van der Waals surface area contributed by atoms with E-state index in [2.05, 4.69) is 5.32 Å². The molecule has 3 nitrogen and oxygen atoms in total. The van der Waals surface area contributed by atoms with Crippen molar-refractivity contribution in [1.82, 2.24) is 0 Å². The normalized spacial score (nSPS) is 10.3. The molecule has 2 aromatic rings. The van der Waals surface area contributed by atoms with Crippen LogP contribution in [0.5, 0.6) is 0 Å². The molecule has 19 heavy (non-hydrogen) atoms. The van der Waals surface area contributed by atoms with E-state index in [1.807, 2.05) is 0 Å². The number of anilines is 2. The molecule has 0 aromatic heterocycles. The Bertz CT molecular complexity index is 643. The van der Waals surface area contributed by atoms with Crippen LogP contribution in [0.1, 0.15) is 15.9 Å². The smallest absolute Gasteiger partial charge is 0.256 e. The Morgan fingerprint density at radius 2 is 2.00 bits per heavy atom. The Morgan fingerprint density at radius 3 is 2.68 bits per heavy atom. The second-order valence-corrected chi connectivity index (χ2v) is 4.56.